The van der Waals surface area contributed by atoms with Crippen molar-refractivity contribution in [1.29, 1.82) is 0 Å². The number of aryl methyl sites for hydroxylation is 1. The summed E-state index contributed by atoms with van der Waals surface area (Å²) in [6, 6.07) is 21.6. The summed E-state index contributed by atoms with van der Waals surface area (Å²) in [5.41, 5.74) is 2.86. The molecule has 0 aliphatic carbocycles. The molecule has 36 heavy (non-hydrogen) atoms. The van der Waals surface area contributed by atoms with Crippen molar-refractivity contribution in [2.24, 2.45) is 0 Å². The Balaban J connectivity index is 1.20. The minimum atomic E-state index is -0.205. The Morgan fingerprint density at radius 3 is 2.33 bits per heavy atom. The maximum atomic E-state index is 13.0. The molecule has 1 aromatic heterocycles. The molecule has 1 atom stereocenters. The van der Waals surface area contributed by atoms with Gasteiger partial charge in [0.25, 0.3) is 5.91 Å². The van der Waals surface area contributed by atoms with Crippen LogP contribution in [0.15, 0.2) is 72.9 Å². The van der Waals surface area contributed by atoms with Crippen molar-refractivity contribution in [1.82, 2.24) is 15.2 Å². The number of nitrogens with zero attached hydrogens (tertiary/aromatic N) is 3. The average Bonchev–Trinajstić information content (AvgIpc) is 2.93. The van der Waals surface area contributed by atoms with E-state index in [4.69, 9.17) is 11.6 Å². The Bertz CT molecular complexity index is 1130. The van der Waals surface area contributed by atoms with Crippen LogP contribution in [0.4, 0.5) is 5.82 Å². The first-order chi connectivity index (χ1) is 17.5. The number of carbonyl (C=O) groups is 2. The molecule has 3 aromatic rings. The van der Waals surface area contributed by atoms with E-state index in [0.29, 0.717) is 43.3 Å². The molecule has 1 aliphatic rings. The largest absolute Gasteiger partial charge is 0.353 e. The van der Waals surface area contributed by atoms with Crippen LogP contribution >= 0.6 is 11.6 Å². The second-order valence-corrected chi connectivity index (χ2v) is 9.63. The van der Waals surface area contributed by atoms with Crippen LogP contribution in [0.25, 0.3) is 0 Å². The fourth-order valence-electron chi connectivity index (χ4n) is 4.43. The summed E-state index contributed by atoms with van der Waals surface area (Å²) in [4.78, 5) is 34.0. The number of pyridine rings is 1. The van der Waals surface area contributed by atoms with Crippen molar-refractivity contribution < 1.29 is 9.59 Å². The molecule has 0 spiro atoms. The molecule has 0 saturated carbocycles. The third-order valence-corrected chi connectivity index (χ3v) is 6.94. The fraction of sp³-hybridized carbons (Fsp3) is 0.345. The van der Waals surface area contributed by atoms with E-state index in [9.17, 15) is 9.59 Å². The zero-order valence-corrected chi connectivity index (χ0v) is 21.5. The van der Waals surface area contributed by atoms with Gasteiger partial charge in [-0.15, -0.1) is 0 Å². The van der Waals surface area contributed by atoms with Gasteiger partial charge in [-0.05, 0) is 61.6 Å². The highest BCUT2D eigenvalue weighted by molar-refractivity contribution is 6.30. The second kappa shape index (κ2) is 12.5. The molecule has 1 N–H and O–H groups in total. The number of nitrogens with one attached hydrogen (secondary N) is 1. The van der Waals surface area contributed by atoms with Crippen LogP contribution < -0.4 is 10.2 Å². The van der Waals surface area contributed by atoms with Gasteiger partial charge in [0.1, 0.15) is 5.82 Å². The van der Waals surface area contributed by atoms with Gasteiger partial charge in [-0.25, -0.2) is 4.98 Å². The highest BCUT2D eigenvalue weighted by atomic mass is 35.5. The number of rotatable bonds is 9. The van der Waals surface area contributed by atoms with E-state index in [-0.39, 0.29) is 17.7 Å². The molecule has 0 radical (unpaired) electrons. The molecule has 1 aliphatic heterocycles. The predicted octanol–water partition coefficient (Wildman–Crippen LogP) is 4.94. The van der Waals surface area contributed by atoms with E-state index < -0.39 is 0 Å². The van der Waals surface area contributed by atoms with Gasteiger partial charge in [0, 0.05) is 43.9 Å². The standard InChI is InChI=1S/C29H33ClN4O2/c1-22(24-10-13-26(30)14-11-24)29(36)34-19-17-33(18-20-34)27-15-12-25(21-32-27)28(35)31-16-6-5-9-23-7-3-2-4-8-23/h2-4,7-8,10-15,21-22H,5-6,9,16-20H2,1H3,(H,31,35). The minimum absolute atomic E-state index is 0.0969. The molecule has 4 rings (SSSR count). The monoisotopic (exact) mass is 504 g/mol. The summed E-state index contributed by atoms with van der Waals surface area (Å²) in [6.07, 6.45) is 4.63. The smallest absolute Gasteiger partial charge is 0.252 e. The van der Waals surface area contributed by atoms with Gasteiger partial charge in [-0.2, -0.15) is 0 Å². The van der Waals surface area contributed by atoms with Crippen molar-refractivity contribution in [2.45, 2.75) is 32.1 Å². The number of amides is 2. The first-order valence-electron chi connectivity index (χ1n) is 12.6. The van der Waals surface area contributed by atoms with Gasteiger partial charge in [0.2, 0.25) is 5.91 Å². The molecule has 1 saturated heterocycles. The number of benzene rings is 2. The third kappa shape index (κ3) is 6.85. The van der Waals surface area contributed by atoms with E-state index in [0.717, 1.165) is 30.6 Å². The number of unbranched alkanes of at least 4 members (excludes halogenated alkanes) is 1. The second-order valence-electron chi connectivity index (χ2n) is 9.19. The molecule has 1 unspecified atom stereocenters. The summed E-state index contributed by atoms with van der Waals surface area (Å²) >= 11 is 5.97. The molecular formula is C29H33ClN4O2. The lowest BCUT2D eigenvalue weighted by molar-refractivity contribution is -0.132. The Labute approximate surface area is 218 Å². The van der Waals surface area contributed by atoms with E-state index >= 15 is 0 Å². The van der Waals surface area contributed by atoms with Crippen LogP contribution in [0.2, 0.25) is 5.02 Å². The quantitative estimate of drug-likeness (QED) is 0.419. The van der Waals surface area contributed by atoms with Gasteiger partial charge >= 0.3 is 0 Å². The Kier molecular flexibility index (Phi) is 8.95. The maximum absolute atomic E-state index is 13.0. The number of hydrogen-bond donors (Lipinski definition) is 1. The number of carbonyl (C=O) groups excluding carboxylic acids is 2. The lowest BCUT2D eigenvalue weighted by atomic mass is 9.99. The normalized spacial score (nSPS) is 14.4. The van der Waals surface area contributed by atoms with Crippen molar-refractivity contribution in [2.75, 3.05) is 37.6 Å². The van der Waals surface area contributed by atoms with Crippen molar-refractivity contribution in [3.63, 3.8) is 0 Å². The van der Waals surface area contributed by atoms with E-state index in [1.165, 1.54) is 5.56 Å². The van der Waals surface area contributed by atoms with Crippen molar-refractivity contribution in [3.05, 3.63) is 94.6 Å². The number of hydrogen-bond acceptors (Lipinski definition) is 4. The van der Waals surface area contributed by atoms with Crippen LogP contribution in [-0.4, -0.2) is 54.4 Å². The van der Waals surface area contributed by atoms with E-state index in [2.05, 4.69) is 39.5 Å². The van der Waals surface area contributed by atoms with Crippen molar-refractivity contribution >= 4 is 29.2 Å². The third-order valence-electron chi connectivity index (χ3n) is 6.69. The number of aromatic nitrogens is 1. The summed E-state index contributed by atoms with van der Waals surface area (Å²) in [5.74, 6) is 0.649. The van der Waals surface area contributed by atoms with E-state index in [1.54, 1.807) is 6.20 Å². The van der Waals surface area contributed by atoms with Gasteiger partial charge in [-0.3, -0.25) is 9.59 Å². The lowest BCUT2D eigenvalue weighted by Gasteiger charge is -2.36. The fourth-order valence-corrected chi connectivity index (χ4v) is 4.56. The molecule has 2 heterocycles. The Morgan fingerprint density at radius 1 is 0.944 bits per heavy atom. The zero-order valence-electron chi connectivity index (χ0n) is 20.7. The Morgan fingerprint density at radius 2 is 1.67 bits per heavy atom. The molecular weight excluding hydrogens is 472 g/mol. The van der Waals surface area contributed by atoms with Crippen LogP contribution in [-0.2, 0) is 11.2 Å². The highest BCUT2D eigenvalue weighted by Gasteiger charge is 2.26. The van der Waals surface area contributed by atoms with Crippen LogP contribution in [0.3, 0.4) is 0 Å². The van der Waals surface area contributed by atoms with Gasteiger partial charge < -0.3 is 15.1 Å². The zero-order chi connectivity index (χ0) is 25.3. The average molecular weight is 505 g/mol. The predicted molar refractivity (Wildman–Crippen MR) is 145 cm³/mol. The summed E-state index contributed by atoms with van der Waals surface area (Å²) < 4.78 is 0. The molecule has 2 amide bonds. The topological polar surface area (TPSA) is 65.5 Å². The highest BCUT2D eigenvalue weighted by Crippen LogP contribution is 2.22. The van der Waals surface area contributed by atoms with Crippen LogP contribution in [0.5, 0.6) is 0 Å². The molecule has 188 valence electrons. The minimum Gasteiger partial charge on any atom is -0.353 e. The molecule has 2 aromatic carbocycles. The number of piperazine rings is 1. The summed E-state index contributed by atoms with van der Waals surface area (Å²) in [5, 5.41) is 3.65. The van der Waals surface area contributed by atoms with Crippen LogP contribution in [0.1, 0.15) is 47.2 Å². The van der Waals surface area contributed by atoms with E-state index in [1.807, 2.05) is 54.3 Å². The number of anilines is 1. The Hall–Kier alpha value is -3.38. The first-order valence-corrected chi connectivity index (χ1v) is 13.0. The molecule has 0 bridgehead atoms. The molecule has 1 fully saturated rings. The lowest BCUT2D eigenvalue weighted by Crippen LogP contribution is -2.50. The first kappa shape index (κ1) is 25.7. The maximum Gasteiger partial charge on any atom is 0.252 e. The molecule has 7 heteroatoms. The van der Waals surface area contributed by atoms with Crippen LogP contribution in [0, 0.1) is 0 Å². The van der Waals surface area contributed by atoms with Gasteiger partial charge in [0.05, 0.1) is 11.5 Å². The van der Waals surface area contributed by atoms with Gasteiger partial charge in [0.15, 0.2) is 0 Å². The number of halogens is 1. The van der Waals surface area contributed by atoms with Crippen molar-refractivity contribution in [3.8, 4) is 0 Å². The summed E-state index contributed by atoms with van der Waals surface area (Å²) in [6.45, 7) is 5.29. The van der Waals surface area contributed by atoms with Gasteiger partial charge in [-0.1, -0.05) is 54.1 Å². The SMILES string of the molecule is CC(C(=O)N1CCN(c2ccc(C(=O)NCCCCc3ccccc3)cn2)CC1)c1ccc(Cl)cc1. The molecule has 6 nitrogen and oxygen atoms in total. The summed E-state index contributed by atoms with van der Waals surface area (Å²) in [7, 11) is 0.